The topological polar surface area (TPSA) is 180 Å². The highest BCUT2D eigenvalue weighted by Gasteiger charge is 2.30. The van der Waals surface area contributed by atoms with E-state index in [0.717, 1.165) is 22.0 Å². The van der Waals surface area contributed by atoms with Crippen LogP contribution in [0.2, 0.25) is 0 Å². The molecule has 0 bridgehead atoms. The maximum absolute atomic E-state index is 9.56. The van der Waals surface area contributed by atoms with Gasteiger partial charge in [-0.2, -0.15) is 10.5 Å². The van der Waals surface area contributed by atoms with Crippen molar-refractivity contribution in [3.63, 3.8) is 0 Å². The molecule has 1 aliphatic rings. The number of nitrogen functional groups attached to an aromatic ring is 2. The summed E-state index contributed by atoms with van der Waals surface area (Å²) in [6.07, 6.45) is 3.56. The molecule has 5 rings (SSSR count). The van der Waals surface area contributed by atoms with Crippen LogP contribution in [0.3, 0.4) is 0 Å². The predicted octanol–water partition coefficient (Wildman–Crippen LogP) is 3.20. The Morgan fingerprint density at radius 2 is 1.95 bits per heavy atom. The number of nitriles is 2. The number of nitrogens with two attached hydrogens (primary N) is 2. The number of nitrogens with one attached hydrogen (secondary N) is 2. The number of pyridine rings is 2. The Labute approximate surface area is 212 Å². The van der Waals surface area contributed by atoms with E-state index in [4.69, 9.17) is 26.2 Å². The zero-order valence-electron chi connectivity index (χ0n) is 19.7. The van der Waals surface area contributed by atoms with Gasteiger partial charge in [0.15, 0.2) is 6.19 Å². The van der Waals surface area contributed by atoms with Crippen molar-refractivity contribution in [1.82, 2.24) is 15.3 Å². The number of methoxy groups -OCH3 is 1. The third-order valence-electron chi connectivity index (χ3n) is 5.96. The SMILES string of the molecule is COc1ccc(C2N=C(NC#N)Nc3nc(N)c(C#N)c(N)c32)cc1COc1cccc2cccnc12. The Morgan fingerprint density at radius 1 is 1.11 bits per heavy atom. The number of aliphatic imine (C=N–C) groups is 1. The molecular formula is C26H21N9O2. The van der Waals surface area contributed by atoms with Gasteiger partial charge in [-0.15, -0.1) is 0 Å². The summed E-state index contributed by atoms with van der Waals surface area (Å²) in [7, 11) is 1.58. The largest absolute Gasteiger partial charge is 0.496 e. The van der Waals surface area contributed by atoms with E-state index in [1.54, 1.807) is 19.4 Å². The van der Waals surface area contributed by atoms with E-state index in [2.05, 4.69) is 25.6 Å². The van der Waals surface area contributed by atoms with Gasteiger partial charge in [0.05, 0.1) is 12.8 Å². The summed E-state index contributed by atoms with van der Waals surface area (Å²) < 4.78 is 11.7. The fraction of sp³-hybridized carbons (Fsp3) is 0.115. The Kier molecular flexibility index (Phi) is 6.02. The van der Waals surface area contributed by atoms with Gasteiger partial charge in [0, 0.05) is 22.7 Å². The van der Waals surface area contributed by atoms with Crippen LogP contribution in [0, 0.1) is 22.8 Å². The molecule has 1 unspecified atom stereocenters. The normalized spacial score (nSPS) is 13.9. The molecule has 2 aromatic carbocycles. The molecule has 0 fully saturated rings. The number of nitrogens with zero attached hydrogens (tertiary/aromatic N) is 5. The quantitative estimate of drug-likeness (QED) is 0.239. The molecule has 4 aromatic rings. The van der Waals surface area contributed by atoms with Gasteiger partial charge in [0.25, 0.3) is 0 Å². The molecule has 0 aliphatic carbocycles. The highest BCUT2D eigenvalue weighted by Crippen LogP contribution is 2.41. The Morgan fingerprint density at radius 3 is 2.73 bits per heavy atom. The second-order valence-corrected chi connectivity index (χ2v) is 8.09. The van der Waals surface area contributed by atoms with E-state index in [-0.39, 0.29) is 29.6 Å². The first-order valence-corrected chi connectivity index (χ1v) is 11.2. The summed E-state index contributed by atoms with van der Waals surface area (Å²) in [5.41, 5.74) is 15.2. The summed E-state index contributed by atoms with van der Waals surface area (Å²) in [6.45, 7) is 0.191. The average molecular weight is 492 g/mol. The van der Waals surface area contributed by atoms with Crippen LogP contribution in [-0.2, 0) is 6.61 Å². The molecule has 11 nitrogen and oxygen atoms in total. The van der Waals surface area contributed by atoms with Crippen molar-refractivity contribution in [3.05, 3.63) is 77.0 Å². The van der Waals surface area contributed by atoms with Gasteiger partial charge in [0.2, 0.25) is 5.96 Å². The van der Waals surface area contributed by atoms with E-state index in [0.29, 0.717) is 22.9 Å². The minimum Gasteiger partial charge on any atom is -0.496 e. The van der Waals surface area contributed by atoms with Gasteiger partial charge in [-0.1, -0.05) is 24.3 Å². The number of para-hydroxylation sites is 1. The van der Waals surface area contributed by atoms with Gasteiger partial charge in [0.1, 0.15) is 52.9 Å². The van der Waals surface area contributed by atoms with E-state index < -0.39 is 6.04 Å². The molecule has 0 spiro atoms. The number of benzene rings is 2. The second kappa shape index (κ2) is 9.60. The zero-order chi connectivity index (χ0) is 25.9. The van der Waals surface area contributed by atoms with E-state index in [1.165, 1.54) is 0 Å². The standard InChI is InChI=1S/C26H21N9O2/c1-36-18-8-7-15(10-16(18)12-37-19-6-2-4-14-5-3-9-31-22(14)19)23-20-21(29)17(11-27)24(30)34-25(20)35-26(33-23)32-13-28/h2-10,23H,12H2,1H3,(H6,29,30,32,33,34,35). The molecule has 0 saturated heterocycles. The lowest BCUT2D eigenvalue weighted by Gasteiger charge is -2.26. The summed E-state index contributed by atoms with van der Waals surface area (Å²) in [4.78, 5) is 13.3. The smallest absolute Gasteiger partial charge is 0.211 e. The molecule has 0 amide bonds. The van der Waals surface area contributed by atoms with Gasteiger partial charge in [-0.25, -0.2) is 9.98 Å². The Hall–Kier alpha value is -5.55. The van der Waals surface area contributed by atoms with Crippen molar-refractivity contribution >= 4 is 34.2 Å². The first-order chi connectivity index (χ1) is 18.0. The van der Waals surface area contributed by atoms with E-state index >= 15 is 0 Å². The van der Waals surface area contributed by atoms with Crippen LogP contribution in [0.1, 0.15) is 28.3 Å². The lowest BCUT2D eigenvalue weighted by atomic mass is 9.94. The molecule has 37 heavy (non-hydrogen) atoms. The van der Waals surface area contributed by atoms with Crippen molar-refractivity contribution < 1.29 is 9.47 Å². The van der Waals surface area contributed by atoms with Crippen LogP contribution < -0.4 is 31.6 Å². The second-order valence-electron chi connectivity index (χ2n) is 8.09. The number of guanidine groups is 1. The van der Waals surface area contributed by atoms with Gasteiger partial charge >= 0.3 is 0 Å². The lowest BCUT2D eigenvalue weighted by molar-refractivity contribution is 0.299. The van der Waals surface area contributed by atoms with Crippen molar-refractivity contribution in [2.24, 2.45) is 4.99 Å². The average Bonchev–Trinajstić information content (AvgIpc) is 2.91. The summed E-state index contributed by atoms with van der Waals surface area (Å²) in [6, 6.07) is 16.4. The Bertz CT molecular complexity index is 1630. The van der Waals surface area contributed by atoms with Gasteiger partial charge in [-0.05, 0) is 29.8 Å². The number of rotatable bonds is 5. The number of ether oxygens (including phenoxy) is 2. The minimum absolute atomic E-state index is 0.0178. The molecule has 0 radical (unpaired) electrons. The molecule has 0 saturated carbocycles. The van der Waals surface area contributed by atoms with Crippen molar-refractivity contribution in [2.45, 2.75) is 12.6 Å². The van der Waals surface area contributed by atoms with Crippen LogP contribution in [-0.4, -0.2) is 23.0 Å². The summed E-state index contributed by atoms with van der Waals surface area (Å²) in [5, 5.41) is 25.1. The summed E-state index contributed by atoms with van der Waals surface area (Å²) in [5.74, 6) is 1.72. The molecular weight excluding hydrogens is 470 g/mol. The van der Waals surface area contributed by atoms with Gasteiger partial charge < -0.3 is 26.3 Å². The van der Waals surface area contributed by atoms with Crippen LogP contribution in [0.4, 0.5) is 17.3 Å². The number of hydrogen-bond acceptors (Lipinski definition) is 11. The molecule has 3 heterocycles. The third-order valence-corrected chi connectivity index (χ3v) is 5.96. The van der Waals surface area contributed by atoms with E-state index in [1.807, 2.05) is 54.7 Å². The first-order valence-electron chi connectivity index (χ1n) is 11.2. The van der Waals surface area contributed by atoms with Crippen molar-refractivity contribution in [2.75, 3.05) is 23.9 Å². The molecule has 11 heteroatoms. The fourth-order valence-electron chi connectivity index (χ4n) is 4.25. The lowest BCUT2D eigenvalue weighted by Crippen LogP contribution is -2.32. The van der Waals surface area contributed by atoms with Crippen LogP contribution >= 0.6 is 0 Å². The maximum Gasteiger partial charge on any atom is 0.211 e. The predicted molar refractivity (Wildman–Crippen MR) is 138 cm³/mol. The van der Waals surface area contributed by atoms with Crippen LogP contribution in [0.25, 0.3) is 10.9 Å². The number of aromatic nitrogens is 2. The highest BCUT2D eigenvalue weighted by molar-refractivity contribution is 5.98. The summed E-state index contributed by atoms with van der Waals surface area (Å²) >= 11 is 0. The molecule has 1 atom stereocenters. The van der Waals surface area contributed by atoms with Crippen LogP contribution in [0.5, 0.6) is 11.5 Å². The molecule has 2 aromatic heterocycles. The monoisotopic (exact) mass is 491 g/mol. The molecule has 6 N–H and O–H groups in total. The maximum atomic E-state index is 9.56. The first kappa shape index (κ1) is 23.2. The van der Waals surface area contributed by atoms with Crippen molar-refractivity contribution in [1.29, 1.82) is 10.5 Å². The number of hydrogen-bond donors (Lipinski definition) is 4. The van der Waals surface area contributed by atoms with Crippen molar-refractivity contribution in [3.8, 4) is 23.8 Å². The number of fused-ring (bicyclic) bond motifs is 2. The zero-order valence-corrected chi connectivity index (χ0v) is 19.7. The van der Waals surface area contributed by atoms with Gasteiger partial charge in [-0.3, -0.25) is 10.3 Å². The molecule has 182 valence electrons. The fourth-order valence-corrected chi connectivity index (χ4v) is 4.25. The minimum atomic E-state index is -0.684. The third kappa shape index (κ3) is 4.22. The Balaban J connectivity index is 1.56. The molecule has 1 aliphatic heterocycles. The highest BCUT2D eigenvalue weighted by atomic mass is 16.5. The van der Waals surface area contributed by atoms with E-state index in [9.17, 15) is 5.26 Å². The van der Waals surface area contributed by atoms with Crippen LogP contribution in [0.15, 0.2) is 59.7 Å². The number of anilines is 3.